The number of amidine groups is 1. The lowest BCUT2D eigenvalue weighted by atomic mass is 10.2. The minimum atomic E-state index is -0.464. The smallest absolute Gasteiger partial charge is 0.240 e. The minimum Gasteiger partial charge on any atom is -0.325 e. The Balaban J connectivity index is 1.62. The summed E-state index contributed by atoms with van der Waals surface area (Å²) in [6, 6.07) is 16.9. The van der Waals surface area contributed by atoms with E-state index in [-0.39, 0.29) is 18.2 Å². The molecule has 0 bridgehead atoms. The molecule has 1 saturated heterocycles. The van der Waals surface area contributed by atoms with Crippen LogP contribution in [0.5, 0.6) is 0 Å². The van der Waals surface area contributed by atoms with Gasteiger partial charge < -0.3 is 10.6 Å². The van der Waals surface area contributed by atoms with E-state index >= 15 is 0 Å². The zero-order chi connectivity index (χ0) is 16.9. The Labute approximate surface area is 157 Å². The molecular weight excluding hydrogens is 437 g/mol. The van der Waals surface area contributed by atoms with Gasteiger partial charge in [0, 0.05) is 9.99 Å². The van der Waals surface area contributed by atoms with Crippen LogP contribution in [0.15, 0.2) is 59.6 Å². The Bertz CT molecular complexity index is 795. The summed E-state index contributed by atoms with van der Waals surface area (Å²) in [5.74, 6) is -0.375. The predicted octanol–water partition coefficient (Wildman–Crippen LogP) is 3.54. The number of rotatable bonds is 4. The number of aliphatic imine (C=N–C) groups is 1. The lowest BCUT2D eigenvalue weighted by Gasteiger charge is -2.08. The fraction of sp³-hybridized carbons (Fsp3) is 0.118. The van der Waals surface area contributed by atoms with Gasteiger partial charge in [-0.1, -0.05) is 42.1 Å². The molecule has 5 nitrogen and oxygen atoms in total. The van der Waals surface area contributed by atoms with Gasteiger partial charge in [-0.15, -0.1) is 0 Å². The van der Waals surface area contributed by atoms with Crippen LogP contribution >= 0.6 is 34.4 Å². The van der Waals surface area contributed by atoms with E-state index in [9.17, 15) is 9.59 Å². The first-order chi connectivity index (χ1) is 11.6. The van der Waals surface area contributed by atoms with Crippen molar-refractivity contribution in [3.05, 3.63) is 58.2 Å². The third kappa shape index (κ3) is 4.35. The number of carbonyl (C=O) groups excluding carboxylic acids is 2. The number of carbonyl (C=O) groups is 2. The SMILES string of the molecule is O=C(CC1SC(=Nc2ccccc2)NC1=O)Nc1ccccc1I. The number of thioether (sulfide) groups is 1. The van der Waals surface area contributed by atoms with Crippen LogP contribution in [0.25, 0.3) is 0 Å². The van der Waals surface area contributed by atoms with Gasteiger partial charge in [0.25, 0.3) is 0 Å². The number of amides is 2. The highest BCUT2D eigenvalue weighted by molar-refractivity contribution is 14.1. The van der Waals surface area contributed by atoms with Crippen LogP contribution in [0.3, 0.4) is 0 Å². The molecule has 1 unspecified atom stereocenters. The zero-order valence-electron chi connectivity index (χ0n) is 12.5. The van der Waals surface area contributed by atoms with Crippen molar-refractivity contribution in [3.63, 3.8) is 0 Å². The van der Waals surface area contributed by atoms with Crippen LogP contribution in [0.4, 0.5) is 11.4 Å². The number of halogens is 1. The Morgan fingerprint density at radius 2 is 1.88 bits per heavy atom. The van der Waals surface area contributed by atoms with Crippen molar-refractivity contribution in [1.82, 2.24) is 5.32 Å². The van der Waals surface area contributed by atoms with Gasteiger partial charge in [0.2, 0.25) is 11.8 Å². The van der Waals surface area contributed by atoms with Crippen molar-refractivity contribution in [2.24, 2.45) is 4.99 Å². The van der Waals surface area contributed by atoms with Gasteiger partial charge in [-0.05, 0) is 46.9 Å². The first kappa shape index (κ1) is 17.0. The molecule has 24 heavy (non-hydrogen) atoms. The maximum Gasteiger partial charge on any atom is 0.240 e. The number of nitrogens with zero attached hydrogens (tertiary/aromatic N) is 1. The van der Waals surface area contributed by atoms with Crippen molar-refractivity contribution in [2.75, 3.05) is 5.32 Å². The van der Waals surface area contributed by atoms with Gasteiger partial charge in [-0.3, -0.25) is 9.59 Å². The standard InChI is InChI=1S/C17H14IN3O2S/c18-12-8-4-5-9-13(12)20-15(22)10-14-16(23)21-17(24-14)19-11-6-2-1-3-7-11/h1-9,14H,10H2,(H,20,22)(H,19,21,23). The van der Waals surface area contributed by atoms with Gasteiger partial charge in [0.1, 0.15) is 5.25 Å². The lowest BCUT2D eigenvalue weighted by molar-refractivity contribution is -0.122. The lowest BCUT2D eigenvalue weighted by Crippen LogP contribution is -2.28. The third-order valence-corrected chi connectivity index (χ3v) is 5.30. The molecule has 3 rings (SSSR count). The molecule has 0 aromatic heterocycles. The number of hydrogen-bond donors (Lipinski definition) is 2. The first-order valence-electron chi connectivity index (χ1n) is 7.27. The van der Waals surface area contributed by atoms with Crippen LogP contribution in [0.2, 0.25) is 0 Å². The summed E-state index contributed by atoms with van der Waals surface area (Å²) in [4.78, 5) is 28.6. The largest absolute Gasteiger partial charge is 0.325 e. The van der Waals surface area contributed by atoms with Gasteiger partial charge in [-0.25, -0.2) is 4.99 Å². The van der Waals surface area contributed by atoms with Gasteiger partial charge in [0.05, 0.1) is 11.4 Å². The summed E-state index contributed by atoms with van der Waals surface area (Å²) in [7, 11) is 0. The van der Waals surface area contributed by atoms with Crippen molar-refractivity contribution < 1.29 is 9.59 Å². The molecule has 1 aliphatic rings. The second-order valence-corrected chi connectivity index (χ2v) is 7.43. The second-order valence-electron chi connectivity index (χ2n) is 5.08. The molecule has 0 aliphatic carbocycles. The van der Waals surface area contributed by atoms with Crippen LogP contribution in [0.1, 0.15) is 6.42 Å². The summed E-state index contributed by atoms with van der Waals surface area (Å²) in [5, 5.41) is 5.63. The molecule has 7 heteroatoms. The maximum absolute atomic E-state index is 12.2. The Hall–Kier alpha value is -1.87. The van der Waals surface area contributed by atoms with E-state index in [4.69, 9.17) is 0 Å². The molecule has 1 fully saturated rings. The summed E-state index contributed by atoms with van der Waals surface area (Å²) in [5.41, 5.74) is 1.52. The monoisotopic (exact) mass is 451 g/mol. The molecule has 2 amide bonds. The van der Waals surface area contributed by atoms with E-state index in [1.165, 1.54) is 11.8 Å². The summed E-state index contributed by atoms with van der Waals surface area (Å²) in [6.07, 6.45) is 0.106. The molecule has 1 aliphatic heterocycles. The maximum atomic E-state index is 12.2. The van der Waals surface area contributed by atoms with E-state index in [2.05, 4.69) is 38.2 Å². The fourth-order valence-corrected chi connectivity index (χ4v) is 3.65. The van der Waals surface area contributed by atoms with Crippen LogP contribution in [-0.4, -0.2) is 22.2 Å². The van der Waals surface area contributed by atoms with Crippen molar-refractivity contribution in [2.45, 2.75) is 11.7 Å². The van der Waals surface area contributed by atoms with Crippen LogP contribution in [0, 0.1) is 3.57 Å². The van der Waals surface area contributed by atoms with Crippen LogP contribution < -0.4 is 10.6 Å². The molecule has 0 saturated carbocycles. The molecular formula is C17H14IN3O2S. The van der Waals surface area contributed by atoms with E-state index in [1.54, 1.807) is 0 Å². The fourth-order valence-electron chi connectivity index (χ4n) is 2.14. The Morgan fingerprint density at radius 1 is 1.17 bits per heavy atom. The number of hydrogen-bond acceptors (Lipinski definition) is 4. The molecule has 122 valence electrons. The van der Waals surface area contributed by atoms with E-state index in [1.807, 2.05) is 54.6 Å². The highest BCUT2D eigenvalue weighted by atomic mass is 127. The minimum absolute atomic E-state index is 0.106. The normalized spacial score (nSPS) is 18.5. The number of benzene rings is 2. The van der Waals surface area contributed by atoms with Gasteiger partial charge in [0.15, 0.2) is 5.17 Å². The quantitative estimate of drug-likeness (QED) is 0.699. The third-order valence-electron chi connectivity index (χ3n) is 3.28. The number of para-hydroxylation sites is 2. The summed E-state index contributed by atoms with van der Waals surface area (Å²) < 4.78 is 0.957. The summed E-state index contributed by atoms with van der Waals surface area (Å²) in [6.45, 7) is 0. The number of nitrogens with one attached hydrogen (secondary N) is 2. The summed E-state index contributed by atoms with van der Waals surface area (Å²) >= 11 is 3.44. The molecule has 1 heterocycles. The molecule has 2 N–H and O–H groups in total. The first-order valence-corrected chi connectivity index (χ1v) is 9.23. The van der Waals surface area contributed by atoms with Crippen molar-refractivity contribution in [3.8, 4) is 0 Å². The van der Waals surface area contributed by atoms with E-state index < -0.39 is 5.25 Å². The predicted molar refractivity (Wildman–Crippen MR) is 105 cm³/mol. The Kier molecular flexibility index (Phi) is 5.52. The molecule has 1 atom stereocenters. The molecule has 0 radical (unpaired) electrons. The zero-order valence-corrected chi connectivity index (χ0v) is 15.5. The van der Waals surface area contributed by atoms with Crippen molar-refractivity contribution >= 4 is 62.7 Å². The van der Waals surface area contributed by atoms with Gasteiger partial charge in [-0.2, -0.15) is 0 Å². The molecule has 2 aromatic carbocycles. The van der Waals surface area contributed by atoms with E-state index in [0.717, 1.165) is 14.9 Å². The average molecular weight is 451 g/mol. The topological polar surface area (TPSA) is 70.6 Å². The van der Waals surface area contributed by atoms with E-state index in [0.29, 0.717) is 5.17 Å². The molecule has 0 spiro atoms. The van der Waals surface area contributed by atoms with Crippen molar-refractivity contribution in [1.29, 1.82) is 0 Å². The Morgan fingerprint density at radius 3 is 2.62 bits per heavy atom. The average Bonchev–Trinajstić information content (AvgIpc) is 2.90. The molecule has 2 aromatic rings. The number of anilines is 1. The van der Waals surface area contributed by atoms with Crippen LogP contribution in [-0.2, 0) is 9.59 Å². The van der Waals surface area contributed by atoms with Gasteiger partial charge >= 0.3 is 0 Å². The highest BCUT2D eigenvalue weighted by Gasteiger charge is 2.32. The second kappa shape index (κ2) is 7.80. The highest BCUT2D eigenvalue weighted by Crippen LogP contribution is 2.26.